The number of likely N-dealkylation sites (N-methyl/N-ethyl adjacent to an activating group) is 1. The van der Waals surface area contributed by atoms with Gasteiger partial charge in [-0.25, -0.2) is 12.8 Å². The number of carbonyl (C=O) groups excluding carboxylic acids is 2. The third kappa shape index (κ3) is 6.87. The molecule has 0 saturated carbocycles. The number of carbonyl (C=O) groups is 2. The molecule has 0 bridgehead atoms. The zero-order chi connectivity index (χ0) is 27.2. The lowest BCUT2D eigenvalue weighted by Gasteiger charge is -2.33. The Kier molecular flexibility index (Phi) is 9.29. The summed E-state index contributed by atoms with van der Waals surface area (Å²) in [6, 6.07) is 17.1. The van der Waals surface area contributed by atoms with Crippen LogP contribution in [0.3, 0.4) is 0 Å². The lowest BCUT2D eigenvalue weighted by Crippen LogP contribution is -2.51. The summed E-state index contributed by atoms with van der Waals surface area (Å²) in [5.74, 6) is -1.42. The average Bonchev–Trinajstić information content (AvgIpc) is 2.88. The van der Waals surface area contributed by atoms with Crippen LogP contribution >= 0.6 is 11.6 Å². The molecule has 0 radical (unpaired) electrons. The molecular formula is C27H29ClFN3O4S. The Bertz CT molecular complexity index is 1330. The first-order valence-electron chi connectivity index (χ1n) is 11.7. The van der Waals surface area contributed by atoms with E-state index in [0.29, 0.717) is 10.6 Å². The van der Waals surface area contributed by atoms with Gasteiger partial charge in [-0.05, 0) is 67.4 Å². The highest BCUT2D eigenvalue weighted by Crippen LogP contribution is 2.26. The summed E-state index contributed by atoms with van der Waals surface area (Å²) in [5.41, 5.74) is 1.72. The van der Waals surface area contributed by atoms with Gasteiger partial charge >= 0.3 is 0 Å². The molecule has 3 aromatic rings. The molecule has 0 aliphatic carbocycles. The fraction of sp³-hybridized carbons (Fsp3) is 0.259. The molecule has 3 aromatic carbocycles. The molecule has 1 N–H and O–H groups in total. The van der Waals surface area contributed by atoms with Gasteiger partial charge in [-0.1, -0.05) is 48.4 Å². The maximum Gasteiger partial charge on any atom is 0.264 e. The second kappa shape index (κ2) is 12.2. The van der Waals surface area contributed by atoms with Gasteiger partial charge in [-0.2, -0.15) is 0 Å². The lowest BCUT2D eigenvalue weighted by molar-refractivity contribution is -0.140. The van der Waals surface area contributed by atoms with Gasteiger partial charge in [0.2, 0.25) is 11.8 Å². The Morgan fingerprint density at radius 3 is 2.11 bits per heavy atom. The number of amides is 2. The number of halogens is 2. The van der Waals surface area contributed by atoms with E-state index in [-0.39, 0.29) is 23.5 Å². The number of nitrogens with zero attached hydrogens (tertiary/aromatic N) is 2. The Balaban J connectivity index is 2.04. The third-order valence-corrected chi connectivity index (χ3v) is 7.94. The molecule has 37 heavy (non-hydrogen) atoms. The van der Waals surface area contributed by atoms with Gasteiger partial charge in [-0.15, -0.1) is 0 Å². The molecule has 2 amide bonds. The zero-order valence-corrected chi connectivity index (χ0v) is 22.4. The van der Waals surface area contributed by atoms with E-state index in [1.165, 1.54) is 72.6 Å². The maximum absolute atomic E-state index is 13.8. The van der Waals surface area contributed by atoms with E-state index in [2.05, 4.69) is 5.32 Å². The van der Waals surface area contributed by atoms with Crippen LogP contribution in [0.5, 0.6) is 0 Å². The molecule has 3 rings (SSSR count). The Labute approximate surface area is 221 Å². The molecule has 1 unspecified atom stereocenters. The van der Waals surface area contributed by atoms with Crippen molar-refractivity contribution >= 4 is 39.1 Å². The third-order valence-electron chi connectivity index (χ3n) is 5.90. The highest BCUT2D eigenvalue weighted by Gasteiger charge is 2.33. The highest BCUT2D eigenvalue weighted by atomic mass is 35.5. The standard InChI is InChI=1S/C27H29ClFN3O4S/c1-4-25(27(34)30-3)31(17-20-7-11-22(29)12-8-20)26(33)18-32(23-13-9-21(28)10-14-23)37(35,36)24-15-5-19(2)6-16-24/h5-16,25H,4,17-18H2,1-3H3,(H,30,34). The van der Waals surface area contributed by atoms with Crippen LogP contribution < -0.4 is 9.62 Å². The summed E-state index contributed by atoms with van der Waals surface area (Å²) >= 11 is 6.02. The molecule has 0 aliphatic rings. The van der Waals surface area contributed by atoms with Crippen molar-refractivity contribution in [2.24, 2.45) is 0 Å². The average molecular weight is 546 g/mol. The fourth-order valence-corrected chi connectivity index (χ4v) is 5.39. The van der Waals surface area contributed by atoms with Crippen molar-refractivity contribution in [3.05, 3.63) is 94.8 Å². The van der Waals surface area contributed by atoms with Crippen molar-refractivity contribution in [1.29, 1.82) is 0 Å². The summed E-state index contributed by atoms with van der Waals surface area (Å²) in [7, 11) is -2.69. The first kappa shape index (κ1) is 28.1. The number of sulfonamides is 1. The van der Waals surface area contributed by atoms with Gasteiger partial charge in [0.15, 0.2) is 0 Å². The van der Waals surface area contributed by atoms with E-state index in [4.69, 9.17) is 11.6 Å². The minimum atomic E-state index is -4.16. The largest absolute Gasteiger partial charge is 0.357 e. The first-order valence-corrected chi connectivity index (χ1v) is 13.5. The molecule has 1 atom stereocenters. The van der Waals surface area contributed by atoms with Crippen LogP contribution in [0.25, 0.3) is 0 Å². The van der Waals surface area contributed by atoms with Crippen molar-refractivity contribution in [3.8, 4) is 0 Å². The molecule has 7 nitrogen and oxygen atoms in total. The topological polar surface area (TPSA) is 86.8 Å². The predicted molar refractivity (Wildman–Crippen MR) is 142 cm³/mol. The van der Waals surface area contributed by atoms with Crippen LogP contribution in [0.4, 0.5) is 10.1 Å². The van der Waals surface area contributed by atoms with Crippen LogP contribution in [-0.4, -0.2) is 44.8 Å². The monoisotopic (exact) mass is 545 g/mol. The normalized spacial score (nSPS) is 12.0. The van der Waals surface area contributed by atoms with E-state index in [9.17, 15) is 22.4 Å². The predicted octanol–water partition coefficient (Wildman–Crippen LogP) is 4.54. The van der Waals surface area contributed by atoms with Gasteiger partial charge in [0.1, 0.15) is 18.4 Å². The second-order valence-electron chi connectivity index (χ2n) is 8.49. The SMILES string of the molecule is CCC(C(=O)NC)N(Cc1ccc(F)cc1)C(=O)CN(c1ccc(Cl)cc1)S(=O)(=O)c1ccc(C)cc1. The Hall–Kier alpha value is -3.43. The van der Waals surface area contributed by atoms with E-state index in [1.807, 2.05) is 6.92 Å². The van der Waals surface area contributed by atoms with Gasteiger partial charge in [0.05, 0.1) is 10.6 Å². The molecule has 0 spiro atoms. The molecule has 0 aliphatic heterocycles. The Morgan fingerprint density at radius 2 is 1.57 bits per heavy atom. The first-order chi connectivity index (χ1) is 17.6. The lowest BCUT2D eigenvalue weighted by atomic mass is 10.1. The molecule has 196 valence electrons. The zero-order valence-electron chi connectivity index (χ0n) is 20.8. The van der Waals surface area contributed by atoms with Gasteiger partial charge in [-0.3, -0.25) is 13.9 Å². The van der Waals surface area contributed by atoms with Gasteiger partial charge in [0.25, 0.3) is 10.0 Å². The van der Waals surface area contributed by atoms with Crippen molar-refractivity contribution < 1.29 is 22.4 Å². The fourth-order valence-electron chi connectivity index (χ4n) is 3.85. The summed E-state index contributed by atoms with van der Waals surface area (Å²) in [6.45, 7) is 3.02. The number of nitrogens with one attached hydrogen (secondary N) is 1. The minimum absolute atomic E-state index is 0.00984. The number of benzene rings is 3. The van der Waals surface area contributed by atoms with Crippen LogP contribution in [0.1, 0.15) is 24.5 Å². The second-order valence-corrected chi connectivity index (χ2v) is 10.8. The number of aryl methyl sites for hydroxylation is 1. The van der Waals surface area contributed by atoms with Gasteiger partial charge < -0.3 is 10.2 Å². The van der Waals surface area contributed by atoms with Crippen LogP contribution in [-0.2, 0) is 26.2 Å². The van der Waals surface area contributed by atoms with Crippen molar-refractivity contribution in [2.45, 2.75) is 37.8 Å². The summed E-state index contributed by atoms with van der Waals surface area (Å²) < 4.78 is 41.9. The number of anilines is 1. The molecule has 0 saturated heterocycles. The molecule has 0 fully saturated rings. The number of rotatable bonds is 10. The summed E-state index contributed by atoms with van der Waals surface area (Å²) in [6.07, 6.45) is 0.290. The van der Waals surface area contributed by atoms with E-state index >= 15 is 0 Å². The van der Waals surface area contributed by atoms with Gasteiger partial charge in [0, 0.05) is 18.6 Å². The van der Waals surface area contributed by atoms with E-state index in [1.54, 1.807) is 19.1 Å². The highest BCUT2D eigenvalue weighted by molar-refractivity contribution is 7.92. The van der Waals surface area contributed by atoms with Crippen LogP contribution in [0, 0.1) is 12.7 Å². The van der Waals surface area contributed by atoms with Crippen molar-refractivity contribution in [3.63, 3.8) is 0 Å². The Morgan fingerprint density at radius 1 is 0.973 bits per heavy atom. The maximum atomic E-state index is 13.8. The minimum Gasteiger partial charge on any atom is -0.357 e. The number of hydrogen-bond donors (Lipinski definition) is 1. The summed E-state index contributed by atoms with van der Waals surface area (Å²) in [4.78, 5) is 27.8. The molecule has 10 heteroatoms. The van der Waals surface area contributed by atoms with E-state index in [0.717, 1.165) is 9.87 Å². The molecule has 0 heterocycles. The van der Waals surface area contributed by atoms with Crippen molar-refractivity contribution in [1.82, 2.24) is 10.2 Å². The molecular weight excluding hydrogens is 517 g/mol. The van der Waals surface area contributed by atoms with Crippen molar-refractivity contribution in [2.75, 3.05) is 17.9 Å². The molecule has 0 aromatic heterocycles. The van der Waals surface area contributed by atoms with E-state index < -0.39 is 40.2 Å². The quantitative estimate of drug-likeness (QED) is 0.405. The number of hydrogen-bond acceptors (Lipinski definition) is 4. The summed E-state index contributed by atoms with van der Waals surface area (Å²) in [5, 5.41) is 2.97. The van der Waals surface area contributed by atoms with Crippen LogP contribution in [0.15, 0.2) is 77.7 Å². The smallest absolute Gasteiger partial charge is 0.264 e. The van der Waals surface area contributed by atoms with Crippen LogP contribution in [0.2, 0.25) is 5.02 Å².